The molecule has 0 aromatic carbocycles. The Morgan fingerprint density at radius 2 is 1.57 bits per heavy atom. The van der Waals surface area contributed by atoms with Crippen molar-refractivity contribution in [2.75, 3.05) is 14.1 Å². The van der Waals surface area contributed by atoms with E-state index >= 15 is 0 Å². The summed E-state index contributed by atoms with van der Waals surface area (Å²) in [5, 5.41) is 0. The van der Waals surface area contributed by atoms with Crippen LogP contribution in [0.4, 0.5) is 0 Å². The number of nitrogens with zero attached hydrogens (tertiary/aromatic N) is 1. The standard InChI is InChI=1S/C6H12N/c1-4-5-6(4)7(5,2)3/h4-6H,1-3H3/q+1. The highest BCUT2D eigenvalue weighted by Gasteiger charge is 2.82. The predicted octanol–water partition coefficient (Wildman–Crippen LogP) is 0.463. The molecule has 2 atom stereocenters. The van der Waals surface area contributed by atoms with Crippen molar-refractivity contribution < 1.29 is 4.48 Å². The quantitative estimate of drug-likeness (QED) is 0.305. The summed E-state index contributed by atoms with van der Waals surface area (Å²) in [5.74, 6) is 1.06. The summed E-state index contributed by atoms with van der Waals surface area (Å²) in [4.78, 5) is 0. The van der Waals surface area contributed by atoms with Crippen molar-refractivity contribution in [3.63, 3.8) is 0 Å². The molecule has 1 aliphatic carbocycles. The summed E-state index contributed by atoms with van der Waals surface area (Å²) in [6, 6.07) is 2.14. The van der Waals surface area contributed by atoms with Crippen molar-refractivity contribution in [2.24, 2.45) is 5.92 Å². The molecule has 7 heavy (non-hydrogen) atoms. The van der Waals surface area contributed by atoms with Gasteiger partial charge in [-0.3, -0.25) is 0 Å². The van der Waals surface area contributed by atoms with Crippen molar-refractivity contribution in [3.05, 3.63) is 0 Å². The molecule has 40 valence electrons. The average molecular weight is 98.2 g/mol. The molecule has 0 radical (unpaired) electrons. The molecule has 0 amide bonds. The molecule has 1 nitrogen and oxygen atoms in total. The Bertz CT molecular complexity index is 105. The first-order chi connectivity index (χ1) is 3.15. The Labute approximate surface area is 44.5 Å². The molecule has 1 saturated carbocycles. The highest BCUT2D eigenvalue weighted by atomic mass is 15.6. The minimum Gasteiger partial charge on any atom is -0.313 e. The number of likely N-dealkylation sites (tertiary alicyclic amines) is 1. The van der Waals surface area contributed by atoms with Crippen LogP contribution in [0.3, 0.4) is 0 Å². The number of hydrogen-bond donors (Lipinski definition) is 0. The molecule has 0 bridgehead atoms. The highest BCUT2D eigenvalue weighted by molar-refractivity contribution is 5.11. The van der Waals surface area contributed by atoms with Gasteiger partial charge in [-0.25, -0.2) is 0 Å². The Hall–Kier alpha value is -0.0400. The SMILES string of the molecule is CC1C2C1[N+]2(C)C. The third kappa shape index (κ3) is 0.235. The average Bonchev–Trinajstić information content (AvgIpc) is 2.26. The maximum absolute atomic E-state index is 2.35. The fraction of sp³-hybridized carbons (Fsp3) is 1.00. The number of likely N-dealkylation sites (N-methyl/N-ethyl adjacent to an activating group) is 1. The normalized spacial score (nSPS) is 61.3. The van der Waals surface area contributed by atoms with E-state index in [1.807, 2.05) is 0 Å². The largest absolute Gasteiger partial charge is 0.313 e. The topological polar surface area (TPSA) is 0 Å². The van der Waals surface area contributed by atoms with Crippen LogP contribution < -0.4 is 0 Å². The van der Waals surface area contributed by atoms with Crippen LogP contribution in [0.25, 0.3) is 0 Å². The lowest BCUT2D eigenvalue weighted by molar-refractivity contribution is -0.816. The maximum Gasteiger partial charge on any atom is 0.151 e. The van der Waals surface area contributed by atoms with Crippen molar-refractivity contribution >= 4 is 0 Å². The molecule has 1 heterocycles. The van der Waals surface area contributed by atoms with Gasteiger partial charge in [-0.1, -0.05) is 6.92 Å². The smallest absolute Gasteiger partial charge is 0.151 e. The van der Waals surface area contributed by atoms with Crippen molar-refractivity contribution in [3.8, 4) is 0 Å². The van der Waals surface area contributed by atoms with Crippen LogP contribution in [-0.2, 0) is 0 Å². The van der Waals surface area contributed by atoms with E-state index in [-0.39, 0.29) is 0 Å². The number of rotatable bonds is 0. The van der Waals surface area contributed by atoms with Gasteiger partial charge in [0.2, 0.25) is 0 Å². The van der Waals surface area contributed by atoms with Gasteiger partial charge in [0.25, 0.3) is 0 Å². The van der Waals surface area contributed by atoms with E-state index in [4.69, 9.17) is 0 Å². The summed E-state index contributed by atoms with van der Waals surface area (Å²) in [5.41, 5.74) is 0. The lowest BCUT2D eigenvalue weighted by atomic mass is 10.3. The summed E-state index contributed by atoms with van der Waals surface area (Å²) in [7, 11) is 4.63. The van der Waals surface area contributed by atoms with Crippen LogP contribution in [0.5, 0.6) is 0 Å². The van der Waals surface area contributed by atoms with Crippen molar-refractivity contribution in [1.29, 1.82) is 0 Å². The van der Waals surface area contributed by atoms with Gasteiger partial charge in [0.05, 0.1) is 20.0 Å². The molecular weight excluding hydrogens is 86.1 g/mol. The van der Waals surface area contributed by atoms with Crippen LogP contribution in [-0.4, -0.2) is 30.7 Å². The van der Waals surface area contributed by atoms with E-state index in [1.54, 1.807) is 0 Å². The zero-order valence-electron chi connectivity index (χ0n) is 5.18. The summed E-state index contributed by atoms with van der Waals surface area (Å²) in [6.45, 7) is 2.35. The number of quaternary nitrogens is 1. The molecule has 0 N–H and O–H groups in total. The minimum absolute atomic E-state index is 1.06. The van der Waals surface area contributed by atoms with Gasteiger partial charge in [-0.2, -0.15) is 0 Å². The fourth-order valence-electron chi connectivity index (χ4n) is 2.16. The number of hydrogen-bond acceptors (Lipinski definition) is 0. The maximum atomic E-state index is 2.35. The van der Waals surface area contributed by atoms with Gasteiger partial charge in [-0.15, -0.1) is 0 Å². The van der Waals surface area contributed by atoms with E-state index in [0.29, 0.717) is 0 Å². The second kappa shape index (κ2) is 0.655. The van der Waals surface area contributed by atoms with Crippen LogP contribution in [0.2, 0.25) is 0 Å². The van der Waals surface area contributed by atoms with Crippen LogP contribution in [0.15, 0.2) is 0 Å². The molecule has 2 unspecified atom stereocenters. The molecule has 1 heteroatoms. The molecule has 2 rings (SSSR count). The molecule has 0 aromatic heterocycles. The van der Waals surface area contributed by atoms with E-state index in [0.717, 1.165) is 18.0 Å². The third-order valence-corrected chi connectivity index (χ3v) is 2.73. The Morgan fingerprint density at radius 1 is 1.14 bits per heavy atom. The van der Waals surface area contributed by atoms with Gasteiger partial charge in [0.15, 0.2) is 12.1 Å². The molecule has 0 aromatic rings. The summed E-state index contributed by atoms with van der Waals surface area (Å²) >= 11 is 0. The first-order valence-electron chi connectivity index (χ1n) is 2.99. The van der Waals surface area contributed by atoms with E-state index in [1.165, 1.54) is 4.48 Å². The molecule has 2 fully saturated rings. The molecule has 2 aliphatic rings. The Balaban J connectivity index is 2.10. The summed E-state index contributed by atoms with van der Waals surface area (Å²) in [6.07, 6.45) is 0. The Kier molecular flexibility index (Phi) is 0.365. The highest BCUT2D eigenvalue weighted by Crippen LogP contribution is 2.60. The Morgan fingerprint density at radius 3 is 1.57 bits per heavy atom. The second-order valence-electron chi connectivity index (χ2n) is 3.47. The number of fused-ring (bicyclic) bond motifs is 1. The minimum atomic E-state index is 1.06. The van der Waals surface area contributed by atoms with E-state index in [2.05, 4.69) is 21.0 Å². The van der Waals surface area contributed by atoms with Crippen LogP contribution >= 0.6 is 0 Å². The monoisotopic (exact) mass is 98.1 g/mol. The molecule has 1 saturated heterocycles. The van der Waals surface area contributed by atoms with Crippen LogP contribution in [0.1, 0.15) is 6.92 Å². The summed E-state index contributed by atoms with van der Waals surface area (Å²) < 4.78 is 1.32. The zero-order chi connectivity index (χ0) is 5.23. The molecule has 0 spiro atoms. The zero-order valence-corrected chi connectivity index (χ0v) is 5.18. The first kappa shape index (κ1) is 3.90. The van der Waals surface area contributed by atoms with Gasteiger partial charge in [0, 0.05) is 0 Å². The van der Waals surface area contributed by atoms with E-state index < -0.39 is 0 Å². The fourth-order valence-corrected chi connectivity index (χ4v) is 2.16. The lowest BCUT2D eigenvalue weighted by Gasteiger charge is -2.15. The van der Waals surface area contributed by atoms with Gasteiger partial charge >= 0.3 is 0 Å². The van der Waals surface area contributed by atoms with Gasteiger partial charge in [0.1, 0.15) is 0 Å². The van der Waals surface area contributed by atoms with Gasteiger partial charge in [-0.05, 0) is 0 Å². The van der Waals surface area contributed by atoms with E-state index in [9.17, 15) is 0 Å². The first-order valence-corrected chi connectivity index (χ1v) is 2.99. The molecule has 1 aliphatic heterocycles. The lowest BCUT2D eigenvalue weighted by Crippen LogP contribution is -2.29. The second-order valence-corrected chi connectivity index (χ2v) is 3.47. The molecular formula is C6H12N+. The predicted molar refractivity (Wildman–Crippen MR) is 28.8 cm³/mol. The van der Waals surface area contributed by atoms with Gasteiger partial charge < -0.3 is 4.48 Å². The van der Waals surface area contributed by atoms with Crippen molar-refractivity contribution in [2.45, 2.75) is 19.0 Å². The van der Waals surface area contributed by atoms with Crippen molar-refractivity contribution in [1.82, 2.24) is 0 Å². The third-order valence-electron chi connectivity index (χ3n) is 2.73. The van der Waals surface area contributed by atoms with Crippen LogP contribution in [0, 0.1) is 5.92 Å².